The van der Waals surface area contributed by atoms with Gasteiger partial charge in [0.05, 0.1) is 11.5 Å². The van der Waals surface area contributed by atoms with E-state index in [2.05, 4.69) is 5.32 Å². The number of hydrogen-bond donors (Lipinski definition) is 1. The number of ether oxygens (including phenoxy) is 1. The van der Waals surface area contributed by atoms with Crippen LogP contribution in [0.15, 0.2) is 41.8 Å². The molecule has 1 atom stereocenters. The minimum atomic E-state index is -0.814. The molecule has 2 aromatic rings. The Bertz CT molecular complexity index is 628. The third kappa shape index (κ3) is 4.03. The number of hydrogen-bond acceptors (Lipinski definition) is 5. The Kier molecular flexibility index (Phi) is 4.89. The first kappa shape index (κ1) is 15.0. The lowest BCUT2D eigenvalue weighted by atomic mass is 10.3. The summed E-state index contributed by atoms with van der Waals surface area (Å²) in [6, 6.07) is 9.80. The average molecular weight is 306 g/mol. The highest BCUT2D eigenvalue weighted by atomic mass is 32.1. The monoisotopic (exact) mass is 306 g/mol. The van der Waals surface area contributed by atoms with Crippen molar-refractivity contribution in [3.63, 3.8) is 0 Å². The lowest BCUT2D eigenvalue weighted by molar-refractivity contribution is -0.386. The van der Waals surface area contributed by atoms with Crippen molar-refractivity contribution in [2.45, 2.75) is 19.6 Å². The summed E-state index contributed by atoms with van der Waals surface area (Å²) in [6.45, 7) is 1.97. The largest absolute Gasteiger partial charge is 0.474 e. The number of nitrogens with zero attached hydrogens (tertiary/aromatic N) is 1. The lowest BCUT2D eigenvalue weighted by Gasteiger charge is -2.14. The number of benzene rings is 1. The van der Waals surface area contributed by atoms with E-state index in [1.807, 2.05) is 17.5 Å². The molecular weight excluding hydrogens is 292 g/mol. The average Bonchev–Trinajstić information content (AvgIpc) is 2.98. The van der Waals surface area contributed by atoms with E-state index >= 15 is 0 Å². The molecular formula is C14H14N2O4S. The summed E-state index contributed by atoms with van der Waals surface area (Å²) in [5, 5.41) is 15.5. The molecule has 2 rings (SSSR count). The van der Waals surface area contributed by atoms with E-state index in [4.69, 9.17) is 4.74 Å². The number of nitro benzene ring substituents is 1. The molecule has 0 aliphatic heterocycles. The summed E-state index contributed by atoms with van der Waals surface area (Å²) in [7, 11) is 0. The second-order valence-corrected chi connectivity index (χ2v) is 5.31. The number of carbonyl (C=O) groups is 1. The molecule has 1 unspecified atom stereocenters. The van der Waals surface area contributed by atoms with Gasteiger partial charge in [0, 0.05) is 10.9 Å². The van der Waals surface area contributed by atoms with Gasteiger partial charge in [-0.1, -0.05) is 18.2 Å². The molecule has 21 heavy (non-hydrogen) atoms. The molecule has 0 aliphatic carbocycles. The molecule has 1 amide bonds. The molecule has 1 N–H and O–H groups in total. The van der Waals surface area contributed by atoms with Crippen molar-refractivity contribution in [1.82, 2.24) is 5.32 Å². The Morgan fingerprint density at radius 2 is 2.14 bits per heavy atom. The first-order valence-electron chi connectivity index (χ1n) is 6.28. The molecule has 0 saturated carbocycles. The van der Waals surface area contributed by atoms with Crippen molar-refractivity contribution in [2.24, 2.45) is 0 Å². The van der Waals surface area contributed by atoms with Gasteiger partial charge in [0.25, 0.3) is 5.91 Å². The van der Waals surface area contributed by atoms with Gasteiger partial charge in [-0.3, -0.25) is 14.9 Å². The van der Waals surface area contributed by atoms with E-state index in [1.165, 1.54) is 12.1 Å². The predicted molar refractivity (Wildman–Crippen MR) is 79.4 cm³/mol. The molecule has 0 saturated heterocycles. The molecule has 1 aromatic carbocycles. The van der Waals surface area contributed by atoms with Crippen molar-refractivity contribution in [1.29, 1.82) is 0 Å². The van der Waals surface area contributed by atoms with Gasteiger partial charge in [-0.05, 0) is 24.4 Å². The number of thiophene rings is 1. The molecule has 0 fully saturated rings. The summed E-state index contributed by atoms with van der Waals surface area (Å²) < 4.78 is 5.39. The number of nitrogens with one attached hydrogen (secondary N) is 1. The fraction of sp³-hybridized carbons (Fsp3) is 0.214. The van der Waals surface area contributed by atoms with Gasteiger partial charge in [0.2, 0.25) is 0 Å². The van der Waals surface area contributed by atoms with Crippen LogP contribution in [-0.4, -0.2) is 16.9 Å². The van der Waals surface area contributed by atoms with Gasteiger partial charge in [-0.15, -0.1) is 11.3 Å². The van der Waals surface area contributed by atoms with Crippen LogP contribution in [0.5, 0.6) is 5.75 Å². The number of para-hydroxylation sites is 2. The topological polar surface area (TPSA) is 81.5 Å². The van der Waals surface area contributed by atoms with E-state index in [0.717, 1.165) is 4.88 Å². The zero-order valence-electron chi connectivity index (χ0n) is 11.3. The van der Waals surface area contributed by atoms with E-state index in [9.17, 15) is 14.9 Å². The molecule has 0 radical (unpaired) electrons. The van der Waals surface area contributed by atoms with Crippen LogP contribution in [0, 0.1) is 10.1 Å². The number of amides is 1. The zero-order valence-corrected chi connectivity index (χ0v) is 12.1. The molecule has 7 heteroatoms. The van der Waals surface area contributed by atoms with Crippen LogP contribution >= 0.6 is 11.3 Å². The van der Waals surface area contributed by atoms with Gasteiger partial charge < -0.3 is 10.1 Å². The zero-order chi connectivity index (χ0) is 15.2. The van der Waals surface area contributed by atoms with Crippen LogP contribution in [0.2, 0.25) is 0 Å². The molecule has 1 heterocycles. The minimum absolute atomic E-state index is 0.0845. The second kappa shape index (κ2) is 6.85. The van der Waals surface area contributed by atoms with Crippen LogP contribution in [0.3, 0.4) is 0 Å². The normalized spacial score (nSPS) is 11.7. The molecule has 1 aromatic heterocycles. The second-order valence-electron chi connectivity index (χ2n) is 4.28. The Balaban J connectivity index is 1.96. The smallest absolute Gasteiger partial charge is 0.310 e. The van der Waals surface area contributed by atoms with Crippen LogP contribution < -0.4 is 10.1 Å². The number of nitro groups is 1. The maximum atomic E-state index is 11.9. The fourth-order valence-electron chi connectivity index (χ4n) is 1.68. The van der Waals surface area contributed by atoms with E-state index in [0.29, 0.717) is 6.54 Å². The van der Waals surface area contributed by atoms with Gasteiger partial charge in [-0.25, -0.2) is 0 Å². The van der Waals surface area contributed by atoms with Crippen LogP contribution in [0.1, 0.15) is 11.8 Å². The van der Waals surface area contributed by atoms with Crippen molar-refractivity contribution < 1.29 is 14.5 Å². The highest BCUT2D eigenvalue weighted by molar-refractivity contribution is 7.09. The Labute approximate surface area is 125 Å². The molecule has 6 nitrogen and oxygen atoms in total. The maximum Gasteiger partial charge on any atom is 0.310 e. The van der Waals surface area contributed by atoms with Crippen molar-refractivity contribution in [3.05, 3.63) is 56.8 Å². The van der Waals surface area contributed by atoms with Crippen LogP contribution in [-0.2, 0) is 11.3 Å². The molecule has 110 valence electrons. The van der Waals surface area contributed by atoms with Crippen molar-refractivity contribution in [2.75, 3.05) is 0 Å². The quantitative estimate of drug-likeness (QED) is 0.657. The number of rotatable bonds is 6. The van der Waals surface area contributed by atoms with Gasteiger partial charge in [-0.2, -0.15) is 0 Å². The highest BCUT2D eigenvalue weighted by Gasteiger charge is 2.20. The number of carbonyl (C=O) groups excluding carboxylic acids is 1. The summed E-state index contributed by atoms with van der Waals surface area (Å²) in [5.74, 6) is -0.233. The lowest BCUT2D eigenvalue weighted by Crippen LogP contribution is -2.35. The first-order valence-corrected chi connectivity index (χ1v) is 7.16. The van der Waals surface area contributed by atoms with E-state index in [1.54, 1.807) is 30.4 Å². The van der Waals surface area contributed by atoms with E-state index < -0.39 is 11.0 Å². The third-order valence-electron chi connectivity index (χ3n) is 2.75. The minimum Gasteiger partial charge on any atom is -0.474 e. The summed E-state index contributed by atoms with van der Waals surface area (Å²) in [5.41, 5.74) is -0.157. The van der Waals surface area contributed by atoms with E-state index in [-0.39, 0.29) is 17.3 Å². The Hall–Kier alpha value is -2.41. The predicted octanol–water partition coefficient (Wildman–Crippen LogP) is 2.74. The van der Waals surface area contributed by atoms with Crippen LogP contribution in [0.4, 0.5) is 5.69 Å². The summed E-state index contributed by atoms with van der Waals surface area (Å²) in [4.78, 5) is 23.3. The van der Waals surface area contributed by atoms with Crippen molar-refractivity contribution in [3.8, 4) is 5.75 Å². The molecule has 0 bridgehead atoms. The van der Waals surface area contributed by atoms with Gasteiger partial charge in [0.15, 0.2) is 11.9 Å². The van der Waals surface area contributed by atoms with Gasteiger partial charge in [0.1, 0.15) is 0 Å². The third-order valence-corrected chi connectivity index (χ3v) is 3.63. The van der Waals surface area contributed by atoms with Gasteiger partial charge >= 0.3 is 5.69 Å². The fourth-order valence-corrected chi connectivity index (χ4v) is 2.33. The van der Waals surface area contributed by atoms with Crippen LogP contribution in [0.25, 0.3) is 0 Å². The molecule has 0 spiro atoms. The SMILES string of the molecule is CC(Oc1ccccc1[N+](=O)[O-])C(=O)NCc1cccs1. The molecule has 0 aliphatic rings. The first-order chi connectivity index (χ1) is 10.1. The Morgan fingerprint density at radius 1 is 1.38 bits per heavy atom. The van der Waals surface area contributed by atoms with Crippen molar-refractivity contribution >= 4 is 22.9 Å². The Morgan fingerprint density at radius 3 is 2.81 bits per heavy atom. The summed E-state index contributed by atoms with van der Waals surface area (Å²) in [6.07, 6.45) is -0.814. The maximum absolute atomic E-state index is 11.9. The highest BCUT2D eigenvalue weighted by Crippen LogP contribution is 2.26. The standard InChI is InChI=1S/C14H14N2O4S/c1-10(14(17)15-9-11-5-4-8-21-11)20-13-7-3-2-6-12(13)16(18)19/h2-8,10H,9H2,1H3,(H,15,17). The summed E-state index contributed by atoms with van der Waals surface area (Å²) >= 11 is 1.54.